The van der Waals surface area contributed by atoms with Gasteiger partial charge in [-0.05, 0) is 45.7 Å². The average Bonchev–Trinajstić information content (AvgIpc) is 2.43. The Kier molecular flexibility index (Phi) is 2.54. The summed E-state index contributed by atoms with van der Waals surface area (Å²) >= 11 is 0. The first-order valence-corrected chi connectivity index (χ1v) is 5.28. The number of rotatable bonds is 2. The van der Waals surface area contributed by atoms with Gasteiger partial charge < -0.3 is 5.32 Å². The van der Waals surface area contributed by atoms with Crippen LogP contribution in [-0.2, 0) is 4.79 Å². The zero-order valence-electron chi connectivity index (χ0n) is 8.25. The van der Waals surface area contributed by atoms with E-state index in [0.29, 0.717) is 6.04 Å². The van der Waals surface area contributed by atoms with Crippen LogP contribution >= 0.6 is 0 Å². The molecule has 2 fully saturated rings. The molecule has 1 aliphatic heterocycles. The molecule has 1 saturated heterocycles. The Bertz CT molecular complexity index is 201. The molecule has 0 unspecified atom stereocenters. The second kappa shape index (κ2) is 3.66. The van der Waals surface area contributed by atoms with Crippen LogP contribution in [0, 0.1) is 0 Å². The SMILES string of the molecule is CN1CCC[C@H]1C(=O)NC1CCC1. The molecule has 1 heterocycles. The Labute approximate surface area is 79.5 Å². The number of carbonyl (C=O) groups excluding carboxylic acids is 1. The maximum Gasteiger partial charge on any atom is 0.237 e. The number of hydrogen-bond acceptors (Lipinski definition) is 2. The van der Waals surface area contributed by atoms with Gasteiger partial charge in [0, 0.05) is 6.04 Å². The molecule has 2 aliphatic rings. The number of carbonyl (C=O) groups is 1. The first-order valence-electron chi connectivity index (χ1n) is 5.28. The highest BCUT2D eigenvalue weighted by Gasteiger charge is 2.30. The maximum atomic E-state index is 11.7. The van der Waals surface area contributed by atoms with E-state index in [1.807, 2.05) is 7.05 Å². The van der Waals surface area contributed by atoms with E-state index in [1.165, 1.54) is 25.7 Å². The summed E-state index contributed by atoms with van der Waals surface area (Å²) in [6.07, 6.45) is 5.85. The maximum absolute atomic E-state index is 11.7. The zero-order chi connectivity index (χ0) is 9.26. The molecule has 0 bridgehead atoms. The molecule has 74 valence electrons. The normalized spacial score (nSPS) is 30.1. The fourth-order valence-corrected chi connectivity index (χ4v) is 2.09. The first-order chi connectivity index (χ1) is 6.27. The van der Waals surface area contributed by atoms with Crippen LogP contribution < -0.4 is 5.32 Å². The fourth-order valence-electron chi connectivity index (χ4n) is 2.09. The first kappa shape index (κ1) is 9.00. The lowest BCUT2D eigenvalue weighted by molar-refractivity contribution is -0.126. The molecule has 1 saturated carbocycles. The molecule has 0 aromatic heterocycles. The van der Waals surface area contributed by atoms with Crippen LogP contribution in [0.15, 0.2) is 0 Å². The third kappa shape index (κ3) is 1.85. The van der Waals surface area contributed by atoms with Crippen LogP contribution in [0.1, 0.15) is 32.1 Å². The summed E-state index contributed by atoms with van der Waals surface area (Å²) in [5.74, 6) is 0.254. The lowest BCUT2D eigenvalue weighted by atomic mass is 9.93. The predicted octanol–water partition coefficient (Wildman–Crippen LogP) is 0.749. The van der Waals surface area contributed by atoms with Crippen molar-refractivity contribution < 1.29 is 4.79 Å². The Hall–Kier alpha value is -0.570. The summed E-state index contributed by atoms with van der Waals surface area (Å²) in [5, 5.41) is 3.11. The van der Waals surface area contributed by atoms with Crippen molar-refractivity contribution in [3.05, 3.63) is 0 Å². The highest BCUT2D eigenvalue weighted by Crippen LogP contribution is 2.20. The van der Waals surface area contributed by atoms with Crippen molar-refractivity contribution in [2.24, 2.45) is 0 Å². The minimum absolute atomic E-state index is 0.153. The van der Waals surface area contributed by atoms with Gasteiger partial charge >= 0.3 is 0 Å². The number of nitrogens with zero attached hydrogens (tertiary/aromatic N) is 1. The average molecular weight is 182 g/mol. The molecule has 3 nitrogen and oxygen atoms in total. The molecule has 1 N–H and O–H groups in total. The fraction of sp³-hybridized carbons (Fsp3) is 0.900. The van der Waals surface area contributed by atoms with Crippen molar-refractivity contribution in [3.8, 4) is 0 Å². The largest absolute Gasteiger partial charge is 0.352 e. The molecular formula is C10H18N2O. The van der Waals surface area contributed by atoms with Gasteiger partial charge in [0.25, 0.3) is 0 Å². The van der Waals surface area contributed by atoms with Gasteiger partial charge in [0.05, 0.1) is 6.04 Å². The summed E-state index contributed by atoms with van der Waals surface area (Å²) in [6.45, 7) is 1.07. The summed E-state index contributed by atoms with van der Waals surface area (Å²) in [4.78, 5) is 13.9. The van der Waals surface area contributed by atoms with Crippen molar-refractivity contribution in [2.45, 2.75) is 44.2 Å². The monoisotopic (exact) mass is 182 g/mol. The van der Waals surface area contributed by atoms with Crippen molar-refractivity contribution in [1.82, 2.24) is 10.2 Å². The molecule has 1 aliphatic carbocycles. The van der Waals surface area contributed by atoms with Crippen LogP contribution in [0.3, 0.4) is 0 Å². The smallest absolute Gasteiger partial charge is 0.237 e. The highest BCUT2D eigenvalue weighted by atomic mass is 16.2. The van der Waals surface area contributed by atoms with Crippen LogP contribution in [0.5, 0.6) is 0 Å². The van der Waals surface area contributed by atoms with E-state index in [4.69, 9.17) is 0 Å². The van der Waals surface area contributed by atoms with Gasteiger partial charge in [-0.3, -0.25) is 9.69 Å². The molecule has 1 atom stereocenters. The molecular weight excluding hydrogens is 164 g/mol. The molecule has 0 aromatic carbocycles. The van der Waals surface area contributed by atoms with Gasteiger partial charge in [0.1, 0.15) is 0 Å². The van der Waals surface area contributed by atoms with Gasteiger partial charge in [0.2, 0.25) is 5.91 Å². The number of nitrogens with one attached hydrogen (secondary N) is 1. The quantitative estimate of drug-likeness (QED) is 0.683. The Balaban J connectivity index is 1.81. The second-order valence-corrected chi connectivity index (χ2v) is 4.28. The molecule has 0 spiro atoms. The molecule has 3 heteroatoms. The summed E-state index contributed by atoms with van der Waals surface area (Å²) in [5.41, 5.74) is 0. The van der Waals surface area contributed by atoms with Crippen molar-refractivity contribution in [2.75, 3.05) is 13.6 Å². The van der Waals surface area contributed by atoms with Gasteiger partial charge in [0.15, 0.2) is 0 Å². The van der Waals surface area contributed by atoms with Crippen molar-refractivity contribution >= 4 is 5.91 Å². The topological polar surface area (TPSA) is 32.3 Å². The summed E-state index contributed by atoms with van der Waals surface area (Å²) < 4.78 is 0. The van der Waals surface area contributed by atoms with Crippen molar-refractivity contribution in [3.63, 3.8) is 0 Å². The third-order valence-corrected chi connectivity index (χ3v) is 3.27. The summed E-state index contributed by atoms with van der Waals surface area (Å²) in [6, 6.07) is 0.641. The van der Waals surface area contributed by atoms with Gasteiger partial charge in [-0.25, -0.2) is 0 Å². The molecule has 13 heavy (non-hydrogen) atoms. The zero-order valence-corrected chi connectivity index (χ0v) is 8.25. The summed E-state index contributed by atoms with van der Waals surface area (Å²) in [7, 11) is 2.04. The van der Waals surface area contributed by atoms with Gasteiger partial charge in [-0.1, -0.05) is 0 Å². The number of likely N-dealkylation sites (N-methyl/N-ethyl adjacent to an activating group) is 1. The predicted molar refractivity (Wildman–Crippen MR) is 51.4 cm³/mol. The Morgan fingerprint density at radius 1 is 1.31 bits per heavy atom. The minimum Gasteiger partial charge on any atom is -0.352 e. The molecule has 0 radical (unpaired) electrons. The lowest BCUT2D eigenvalue weighted by Crippen LogP contribution is -2.47. The lowest BCUT2D eigenvalue weighted by Gasteiger charge is -2.29. The number of hydrogen-bond donors (Lipinski definition) is 1. The molecule has 0 aromatic rings. The van der Waals surface area contributed by atoms with Crippen LogP contribution in [-0.4, -0.2) is 36.5 Å². The standard InChI is InChI=1S/C10H18N2O/c1-12-7-3-6-9(12)10(13)11-8-4-2-5-8/h8-9H,2-7H2,1H3,(H,11,13)/t9-/m0/s1. The minimum atomic E-state index is 0.153. The molecule has 2 rings (SSSR count). The van der Waals surface area contributed by atoms with Crippen molar-refractivity contribution in [1.29, 1.82) is 0 Å². The van der Waals surface area contributed by atoms with E-state index in [-0.39, 0.29) is 11.9 Å². The van der Waals surface area contributed by atoms with Crippen LogP contribution in [0.25, 0.3) is 0 Å². The van der Waals surface area contributed by atoms with E-state index >= 15 is 0 Å². The van der Waals surface area contributed by atoms with Gasteiger partial charge in [-0.2, -0.15) is 0 Å². The number of amides is 1. The molecule has 1 amide bonds. The second-order valence-electron chi connectivity index (χ2n) is 4.28. The Morgan fingerprint density at radius 3 is 2.54 bits per heavy atom. The van der Waals surface area contributed by atoms with Gasteiger partial charge in [-0.15, -0.1) is 0 Å². The van der Waals surface area contributed by atoms with E-state index in [2.05, 4.69) is 10.2 Å². The van der Waals surface area contributed by atoms with E-state index < -0.39 is 0 Å². The van der Waals surface area contributed by atoms with E-state index in [0.717, 1.165) is 13.0 Å². The van der Waals surface area contributed by atoms with E-state index in [1.54, 1.807) is 0 Å². The highest BCUT2D eigenvalue weighted by molar-refractivity contribution is 5.82. The van der Waals surface area contributed by atoms with Crippen LogP contribution in [0.4, 0.5) is 0 Å². The number of likely N-dealkylation sites (tertiary alicyclic amines) is 1. The van der Waals surface area contributed by atoms with E-state index in [9.17, 15) is 4.79 Å². The third-order valence-electron chi connectivity index (χ3n) is 3.27. The Morgan fingerprint density at radius 2 is 2.08 bits per heavy atom. The van der Waals surface area contributed by atoms with Crippen LogP contribution in [0.2, 0.25) is 0 Å².